The Labute approximate surface area is 133 Å². The van der Waals surface area contributed by atoms with E-state index < -0.39 is 38.7 Å². The van der Waals surface area contributed by atoms with Gasteiger partial charge in [0.05, 0.1) is 12.0 Å². The van der Waals surface area contributed by atoms with Crippen molar-refractivity contribution >= 4 is 21.7 Å². The number of carbonyl (C=O) groups is 1. The monoisotopic (exact) mass is 343 g/mol. The van der Waals surface area contributed by atoms with E-state index in [4.69, 9.17) is 0 Å². The van der Waals surface area contributed by atoms with Gasteiger partial charge in [0.2, 0.25) is 10.0 Å². The summed E-state index contributed by atoms with van der Waals surface area (Å²) in [7, 11) is -1.45. The Hall–Kier alpha value is -2.04. The van der Waals surface area contributed by atoms with Gasteiger partial charge in [-0.2, -0.15) is 4.31 Å². The number of nitrogens with one attached hydrogen (secondary N) is 1. The molecule has 2 atom stereocenters. The zero-order valence-electron chi connectivity index (χ0n) is 12.6. The molecule has 9 nitrogen and oxygen atoms in total. The molecule has 0 spiro atoms. The number of likely N-dealkylation sites (N-methyl/N-ethyl adjacent to an activating group) is 1. The number of carbonyl (C=O) groups excluding carboxylic acids is 1. The first-order valence-electron chi connectivity index (χ1n) is 6.81. The van der Waals surface area contributed by atoms with Crippen molar-refractivity contribution in [1.29, 1.82) is 0 Å². The first-order valence-corrected chi connectivity index (χ1v) is 8.25. The van der Waals surface area contributed by atoms with Gasteiger partial charge in [-0.05, 0) is 12.5 Å². The standard InChI is InChI=1S/C13H17N3O6S/c1-15(9-7-10(14-8-9)13(17)22-2)23(20,21)12-6-4-3-5-11(12)16(18)19/h3-6,9-10,14H,7-8H2,1-2H3/t9-,10-/m0/s1. The van der Waals surface area contributed by atoms with Crippen LogP contribution < -0.4 is 5.32 Å². The van der Waals surface area contributed by atoms with Crippen LogP contribution >= 0.6 is 0 Å². The van der Waals surface area contributed by atoms with Gasteiger partial charge < -0.3 is 10.1 Å². The second-order valence-electron chi connectivity index (χ2n) is 5.12. The average molecular weight is 343 g/mol. The lowest BCUT2D eigenvalue weighted by molar-refractivity contribution is -0.387. The SMILES string of the molecule is COC(=O)[C@@H]1C[C@H](N(C)S(=O)(=O)c2ccccc2[N+](=O)[O-])CN1. The maximum Gasteiger partial charge on any atom is 0.322 e. The largest absolute Gasteiger partial charge is 0.468 e. The highest BCUT2D eigenvalue weighted by Gasteiger charge is 2.39. The topological polar surface area (TPSA) is 119 Å². The fourth-order valence-corrected chi connectivity index (χ4v) is 4.01. The van der Waals surface area contributed by atoms with Crippen LogP contribution in [0.2, 0.25) is 0 Å². The van der Waals surface area contributed by atoms with Crippen LogP contribution in [-0.2, 0) is 19.6 Å². The van der Waals surface area contributed by atoms with Crippen LogP contribution in [0.3, 0.4) is 0 Å². The van der Waals surface area contributed by atoms with Gasteiger partial charge in [0, 0.05) is 25.7 Å². The Kier molecular flexibility index (Phi) is 4.97. The maximum absolute atomic E-state index is 12.7. The maximum atomic E-state index is 12.7. The molecule has 10 heteroatoms. The third-order valence-electron chi connectivity index (χ3n) is 3.83. The van der Waals surface area contributed by atoms with Crippen molar-refractivity contribution in [1.82, 2.24) is 9.62 Å². The lowest BCUT2D eigenvalue weighted by Gasteiger charge is -2.23. The van der Waals surface area contributed by atoms with Crippen LogP contribution in [0, 0.1) is 10.1 Å². The summed E-state index contributed by atoms with van der Waals surface area (Å²) in [6.45, 7) is 0.260. The van der Waals surface area contributed by atoms with Gasteiger partial charge in [-0.1, -0.05) is 12.1 Å². The van der Waals surface area contributed by atoms with Crippen molar-refractivity contribution in [2.45, 2.75) is 23.4 Å². The summed E-state index contributed by atoms with van der Waals surface area (Å²) in [4.78, 5) is 21.4. The van der Waals surface area contributed by atoms with E-state index in [9.17, 15) is 23.3 Å². The number of hydrogen-bond acceptors (Lipinski definition) is 7. The molecule has 0 bridgehead atoms. The van der Waals surface area contributed by atoms with Crippen molar-refractivity contribution in [2.75, 3.05) is 20.7 Å². The molecule has 0 radical (unpaired) electrons. The average Bonchev–Trinajstić information content (AvgIpc) is 3.03. The summed E-state index contributed by atoms with van der Waals surface area (Å²) in [5, 5.41) is 13.9. The fraction of sp³-hybridized carbons (Fsp3) is 0.462. The Morgan fingerprint density at radius 2 is 2.09 bits per heavy atom. The van der Waals surface area contributed by atoms with E-state index in [-0.39, 0.29) is 17.9 Å². The van der Waals surface area contributed by atoms with Crippen molar-refractivity contribution in [3.8, 4) is 0 Å². The Bertz CT molecular complexity index is 720. The molecule has 1 aromatic carbocycles. The molecule has 126 valence electrons. The number of hydrogen-bond donors (Lipinski definition) is 1. The Morgan fingerprint density at radius 1 is 1.43 bits per heavy atom. The molecule has 1 aliphatic heterocycles. The normalized spacial score (nSPS) is 21.3. The second kappa shape index (κ2) is 6.60. The molecule has 1 aliphatic rings. The number of benzene rings is 1. The molecule has 0 amide bonds. The molecule has 2 rings (SSSR count). The summed E-state index contributed by atoms with van der Waals surface area (Å²) < 4.78 is 31.0. The number of ether oxygens (including phenoxy) is 1. The minimum atomic E-state index is -4.05. The Morgan fingerprint density at radius 3 is 2.70 bits per heavy atom. The third-order valence-corrected chi connectivity index (χ3v) is 5.78. The highest BCUT2D eigenvalue weighted by atomic mass is 32.2. The van der Waals surface area contributed by atoms with E-state index in [1.54, 1.807) is 0 Å². The molecule has 1 saturated heterocycles. The summed E-state index contributed by atoms with van der Waals surface area (Å²) in [5.41, 5.74) is -0.477. The third kappa shape index (κ3) is 3.33. The van der Waals surface area contributed by atoms with Gasteiger partial charge in [0.1, 0.15) is 6.04 Å². The van der Waals surface area contributed by atoms with Crippen LogP contribution in [-0.4, -0.2) is 56.4 Å². The van der Waals surface area contributed by atoms with E-state index in [2.05, 4.69) is 10.1 Å². The van der Waals surface area contributed by atoms with Crippen molar-refractivity contribution in [2.24, 2.45) is 0 Å². The minimum Gasteiger partial charge on any atom is -0.468 e. The lowest BCUT2D eigenvalue weighted by atomic mass is 10.2. The van der Waals surface area contributed by atoms with Gasteiger partial charge in [0.15, 0.2) is 4.90 Å². The fourth-order valence-electron chi connectivity index (χ4n) is 2.49. The summed E-state index contributed by atoms with van der Waals surface area (Å²) in [6.07, 6.45) is 0.239. The summed E-state index contributed by atoms with van der Waals surface area (Å²) in [6, 6.07) is 4.09. The van der Waals surface area contributed by atoms with E-state index >= 15 is 0 Å². The minimum absolute atomic E-state index is 0.239. The molecule has 0 aromatic heterocycles. The summed E-state index contributed by atoms with van der Waals surface area (Å²) >= 11 is 0. The molecule has 1 fully saturated rings. The smallest absolute Gasteiger partial charge is 0.322 e. The summed E-state index contributed by atoms with van der Waals surface area (Å²) in [5.74, 6) is -0.469. The quantitative estimate of drug-likeness (QED) is 0.458. The van der Waals surface area contributed by atoms with Crippen molar-refractivity contribution < 1.29 is 22.9 Å². The number of para-hydroxylation sites is 1. The first kappa shape index (κ1) is 17.3. The number of nitro groups is 1. The van der Waals surface area contributed by atoms with Gasteiger partial charge >= 0.3 is 5.97 Å². The molecular formula is C13H17N3O6S. The highest BCUT2D eigenvalue weighted by Crippen LogP contribution is 2.28. The van der Waals surface area contributed by atoms with Crippen LogP contribution in [0.5, 0.6) is 0 Å². The van der Waals surface area contributed by atoms with Crippen LogP contribution in [0.25, 0.3) is 0 Å². The van der Waals surface area contributed by atoms with Crippen molar-refractivity contribution in [3.05, 3.63) is 34.4 Å². The van der Waals surface area contributed by atoms with Gasteiger partial charge in [-0.25, -0.2) is 8.42 Å². The zero-order valence-corrected chi connectivity index (χ0v) is 13.4. The molecule has 0 aliphatic carbocycles. The number of rotatable bonds is 5. The van der Waals surface area contributed by atoms with Gasteiger partial charge in [-0.15, -0.1) is 0 Å². The van der Waals surface area contributed by atoms with E-state index in [1.165, 1.54) is 32.4 Å². The number of nitrogens with zero attached hydrogens (tertiary/aromatic N) is 2. The molecule has 1 aromatic rings. The predicted molar refractivity (Wildman–Crippen MR) is 80.3 cm³/mol. The second-order valence-corrected chi connectivity index (χ2v) is 7.09. The van der Waals surface area contributed by atoms with Gasteiger partial charge in [-0.3, -0.25) is 14.9 Å². The highest BCUT2D eigenvalue weighted by molar-refractivity contribution is 7.89. The molecule has 1 heterocycles. The Balaban J connectivity index is 2.27. The molecule has 1 N–H and O–H groups in total. The molecular weight excluding hydrogens is 326 g/mol. The molecule has 0 saturated carbocycles. The number of esters is 1. The van der Waals surface area contributed by atoms with E-state index in [0.29, 0.717) is 0 Å². The van der Waals surface area contributed by atoms with Crippen LogP contribution in [0.4, 0.5) is 5.69 Å². The van der Waals surface area contributed by atoms with Crippen LogP contribution in [0.1, 0.15) is 6.42 Å². The first-order chi connectivity index (χ1) is 10.8. The molecule has 0 unspecified atom stereocenters. The van der Waals surface area contributed by atoms with Crippen LogP contribution in [0.15, 0.2) is 29.2 Å². The zero-order chi connectivity index (χ0) is 17.2. The predicted octanol–water partition coefficient (Wildman–Crippen LogP) is 0.119. The number of methoxy groups -OCH3 is 1. The van der Waals surface area contributed by atoms with E-state index in [0.717, 1.165) is 10.4 Å². The number of sulfonamides is 1. The van der Waals surface area contributed by atoms with Crippen molar-refractivity contribution in [3.63, 3.8) is 0 Å². The number of nitro benzene ring substituents is 1. The lowest BCUT2D eigenvalue weighted by Crippen LogP contribution is -2.38. The van der Waals surface area contributed by atoms with E-state index in [1.807, 2.05) is 0 Å². The molecule has 23 heavy (non-hydrogen) atoms. The van der Waals surface area contributed by atoms with Gasteiger partial charge in [0.25, 0.3) is 5.69 Å².